The van der Waals surface area contributed by atoms with E-state index in [0.29, 0.717) is 0 Å². The van der Waals surface area contributed by atoms with Crippen molar-refractivity contribution in [3.63, 3.8) is 0 Å². The molecule has 0 amide bonds. The van der Waals surface area contributed by atoms with Crippen LogP contribution >= 0.6 is 0 Å². The highest BCUT2D eigenvalue weighted by Gasteiger charge is 2.20. The van der Waals surface area contributed by atoms with Gasteiger partial charge in [0.25, 0.3) is 0 Å². The predicted molar refractivity (Wildman–Crippen MR) is 137 cm³/mol. The van der Waals surface area contributed by atoms with Gasteiger partial charge in [-0.2, -0.15) is 0 Å². The van der Waals surface area contributed by atoms with E-state index in [-0.39, 0.29) is 10.8 Å². The van der Waals surface area contributed by atoms with Crippen LogP contribution in [-0.2, 0) is 10.8 Å². The van der Waals surface area contributed by atoms with E-state index in [1.54, 1.807) is 0 Å². The second kappa shape index (κ2) is 5.79. The molecular formula is C30H29N. The molecule has 0 saturated heterocycles. The zero-order chi connectivity index (χ0) is 21.7. The average molecular weight is 404 g/mol. The highest BCUT2D eigenvalue weighted by molar-refractivity contribution is 6.32. The van der Waals surface area contributed by atoms with Crippen LogP contribution in [-0.4, -0.2) is 4.98 Å². The van der Waals surface area contributed by atoms with Crippen LogP contribution in [0.4, 0.5) is 0 Å². The normalized spacial score (nSPS) is 13.5. The van der Waals surface area contributed by atoms with E-state index in [1.165, 1.54) is 65.3 Å². The topological polar surface area (TPSA) is 15.8 Å². The SMILES string of the molecule is CC(C)(C)c1cc2ccc3cc4[nH]c5cc(C(C)(C)C)ccc5c4c4ccc(c1)c2c34. The highest BCUT2D eigenvalue weighted by Crippen LogP contribution is 2.42. The molecule has 5 aromatic carbocycles. The van der Waals surface area contributed by atoms with Crippen molar-refractivity contribution in [2.45, 2.75) is 52.4 Å². The fourth-order valence-electron chi connectivity index (χ4n) is 5.19. The van der Waals surface area contributed by atoms with Crippen LogP contribution in [0.25, 0.3) is 54.1 Å². The van der Waals surface area contributed by atoms with E-state index in [1.807, 2.05) is 0 Å². The summed E-state index contributed by atoms with van der Waals surface area (Å²) in [5.41, 5.74) is 5.49. The summed E-state index contributed by atoms with van der Waals surface area (Å²) < 4.78 is 0. The summed E-state index contributed by atoms with van der Waals surface area (Å²) in [6.45, 7) is 13.7. The van der Waals surface area contributed by atoms with Crippen LogP contribution in [0.15, 0.2) is 60.7 Å². The van der Waals surface area contributed by atoms with Gasteiger partial charge < -0.3 is 4.98 Å². The summed E-state index contributed by atoms with van der Waals surface area (Å²) in [7, 11) is 0. The van der Waals surface area contributed by atoms with E-state index >= 15 is 0 Å². The first-order valence-electron chi connectivity index (χ1n) is 11.3. The first-order valence-corrected chi connectivity index (χ1v) is 11.3. The summed E-state index contributed by atoms with van der Waals surface area (Å²) >= 11 is 0. The zero-order valence-corrected chi connectivity index (χ0v) is 19.3. The number of H-pyrrole nitrogens is 1. The molecule has 1 N–H and O–H groups in total. The van der Waals surface area contributed by atoms with E-state index < -0.39 is 0 Å². The third kappa shape index (κ3) is 2.62. The van der Waals surface area contributed by atoms with Crippen molar-refractivity contribution in [3.8, 4) is 0 Å². The molecule has 1 nitrogen and oxygen atoms in total. The summed E-state index contributed by atoms with van der Waals surface area (Å²) in [6.07, 6.45) is 0. The smallest absolute Gasteiger partial charge is 0.0477 e. The van der Waals surface area contributed by atoms with Crippen molar-refractivity contribution in [3.05, 3.63) is 71.8 Å². The van der Waals surface area contributed by atoms with Gasteiger partial charge in [-0.1, -0.05) is 90.1 Å². The molecule has 0 fully saturated rings. The van der Waals surface area contributed by atoms with Gasteiger partial charge in [-0.25, -0.2) is 0 Å². The number of hydrogen-bond acceptors (Lipinski definition) is 0. The monoisotopic (exact) mass is 403 g/mol. The quantitative estimate of drug-likeness (QED) is 0.244. The molecule has 0 aliphatic heterocycles. The van der Waals surface area contributed by atoms with Crippen molar-refractivity contribution in [1.82, 2.24) is 4.98 Å². The van der Waals surface area contributed by atoms with Gasteiger partial charge in [-0.15, -0.1) is 0 Å². The molecular weight excluding hydrogens is 374 g/mol. The molecule has 1 aromatic heterocycles. The predicted octanol–water partition coefficient (Wildman–Crippen LogP) is 8.81. The van der Waals surface area contributed by atoms with Gasteiger partial charge in [0.2, 0.25) is 0 Å². The van der Waals surface area contributed by atoms with Crippen molar-refractivity contribution in [2.24, 2.45) is 0 Å². The number of nitrogens with one attached hydrogen (secondary N) is 1. The second-order valence-electron chi connectivity index (χ2n) is 11.3. The van der Waals surface area contributed by atoms with E-state index in [2.05, 4.69) is 107 Å². The summed E-state index contributed by atoms with van der Waals surface area (Å²) in [4.78, 5) is 3.72. The van der Waals surface area contributed by atoms with Crippen LogP contribution in [0.5, 0.6) is 0 Å². The molecule has 0 unspecified atom stereocenters. The molecule has 154 valence electrons. The lowest BCUT2D eigenvalue weighted by molar-refractivity contribution is 0.591. The number of aromatic nitrogens is 1. The molecule has 0 saturated carbocycles. The maximum Gasteiger partial charge on any atom is 0.0477 e. The molecule has 0 aliphatic carbocycles. The average Bonchev–Trinajstić information content (AvgIpc) is 3.07. The van der Waals surface area contributed by atoms with Crippen LogP contribution in [0.2, 0.25) is 0 Å². The first kappa shape index (κ1) is 18.7. The van der Waals surface area contributed by atoms with Gasteiger partial charge in [-0.3, -0.25) is 0 Å². The van der Waals surface area contributed by atoms with Gasteiger partial charge in [0, 0.05) is 21.8 Å². The molecule has 6 aromatic rings. The van der Waals surface area contributed by atoms with E-state index in [0.717, 1.165) is 0 Å². The molecule has 31 heavy (non-hydrogen) atoms. The molecule has 0 radical (unpaired) electrons. The fourth-order valence-corrected chi connectivity index (χ4v) is 5.19. The van der Waals surface area contributed by atoms with Gasteiger partial charge in [0.15, 0.2) is 0 Å². The van der Waals surface area contributed by atoms with Crippen LogP contribution in [0, 0.1) is 0 Å². The Bertz CT molecular complexity index is 1610. The van der Waals surface area contributed by atoms with Crippen LogP contribution < -0.4 is 0 Å². The Morgan fingerprint density at radius 3 is 1.71 bits per heavy atom. The van der Waals surface area contributed by atoms with Gasteiger partial charge in [0.1, 0.15) is 0 Å². The number of hydrogen-bond donors (Lipinski definition) is 1. The largest absolute Gasteiger partial charge is 0.354 e. The minimum absolute atomic E-state index is 0.138. The fraction of sp³-hybridized carbons (Fsp3) is 0.267. The lowest BCUT2D eigenvalue weighted by Crippen LogP contribution is -2.10. The van der Waals surface area contributed by atoms with Gasteiger partial charge in [-0.05, 0) is 66.4 Å². The van der Waals surface area contributed by atoms with Gasteiger partial charge >= 0.3 is 0 Å². The third-order valence-corrected chi connectivity index (χ3v) is 7.01. The number of fused-ring (bicyclic) bond motifs is 4. The first-order chi connectivity index (χ1) is 14.6. The second-order valence-corrected chi connectivity index (χ2v) is 11.3. The Morgan fingerprint density at radius 1 is 0.484 bits per heavy atom. The molecule has 0 aliphatic rings. The van der Waals surface area contributed by atoms with Crippen molar-refractivity contribution >= 4 is 54.1 Å². The standard InChI is InChI=1S/C30H29N/c1-29(2,3)20-10-12-22-24(16-20)31-25-15-19-8-7-17-13-21(30(4,5)6)14-18-9-11-23(28(22)25)27(19)26(17)18/h7-16,31H,1-6H3. The molecule has 1 heterocycles. The summed E-state index contributed by atoms with van der Waals surface area (Å²) in [5.74, 6) is 0. The Labute approximate surface area is 183 Å². The van der Waals surface area contributed by atoms with Crippen LogP contribution in [0.1, 0.15) is 52.7 Å². The number of benzene rings is 5. The van der Waals surface area contributed by atoms with Crippen LogP contribution in [0.3, 0.4) is 0 Å². The molecule has 0 atom stereocenters. The Morgan fingerprint density at radius 2 is 1.06 bits per heavy atom. The third-order valence-electron chi connectivity index (χ3n) is 7.01. The van der Waals surface area contributed by atoms with Crippen molar-refractivity contribution in [2.75, 3.05) is 0 Å². The zero-order valence-electron chi connectivity index (χ0n) is 19.3. The van der Waals surface area contributed by atoms with Crippen molar-refractivity contribution in [1.29, 1.82) is 0 Å². The van der Waals surface area contributed by atoms with E-state index in [9.17, 15) is 0 Å². The lowest BCUT2D eigenvalue weighted by Gasteiger charge is -2.21. The summed E-state index contributed by atoms with van der Waals surface area (Å²) in [5, 5.41) is 10.8. The molecule has 1 heteroatoms. The Balaban J connectivity index is 1.76. The number of aromatic amines is 1. The Kier molecular flexibility index (Phi) is 3.49. The van der Waals surface area contributed by atoms with Crippen molar-refractivity contribution < 1.29 is 0 Å². The Hall–Kier alpha value is -3.06. The molecule has 0 bridgehead atoms. The number of rotatable bonds is 0. The highest BCUT2D eigenvalue weighted by atomic mass is 14.7. The maximum atomic E-state index is 3.72. The lowest BCUT2D eigenvalue weighted by atomic mass is 9.83. The van der Waals surface area contributed by atoms with Gasteiger partial charge in [0.05, 0.1) is 0 Å². The van der Waals surface area contributed by atoms with E-state index in [4.69, 9.17) is 0 Å². The molecule has 6 rings (SSSR count). The molecule has 0 spiro atoms. The minimum Gasteiger partial charge on any atom is -0.354 e. The summed E-state index contributed by atoms with van der Waals surface area (Å²) in [6, 6.07) is 23.3. The maximum absolute atomic E-state index is 3.72. The minimum atomic E-state index is 0.138.